The van der Waals surface area contributed by atoms with Gasteiger partial charge in [-0.25, -0.2) is 4.98 Å². The van der Waals surface area contributed by atoms with Crippen molar-refractivity contribution in [3.8, 4) is 11.8 Å². The maximum Gasteiger partial charge on any atom is 0.146 e. The molecular formula is C16H14N6. The van der Waals surface area contributed by atoms with Gasteiger partial charge in [0.2, 0.25) is 0 Å². The summed E-state index contributed by atoms with van der Waals surface area (Å²) in [7, 11) is 1.88. The highest BCUT2D eigenvalue weighted by Crippen LogP contribution is 2.16. The van der Waals surface area contributed by atoms with Crippen molar-refractivity contribution in [2.75, 3.05) is 11.9 Å². The van der Waals surface area contributed by atoms with Crippen molar-refractivity contribution in [3.63, 3.8) is 0 Å². The Balaban J connectivity index is 1.79. The third-order valence-electron chi connectivity index (χ3n) is 3.19. The first-order valence-electron chi connectivity index (χ1n) is 6.81. The quantitative estimate of drug-likeness (QED) is 0.736. The summed E-state index contributed by atoms with van der Waals surface area (Å²) < 4.78 is 0. The molecule has 0 saturated carbocycles. The molecule has 0 unspecified atom stereocenters. The van der Waals surface area contributed by atoms with Gasteiger partial charge in [-0.3, -0.25) is 0 Å². The van der Waals surface area contributed by atoms with E-state index in [1.165, 1.54) is 0 Å². The van der Waals surface area contributed by atoms with Crippen molar-refractivity contribution in [1.29, 1.82) is 5.26 Å². The SMILES string of the molecule is CN(Cc1cnn(-c2ccccc2)n1)c1ncccc1C#N. The molecule has 6 nitrogen and oxygen atoms in total. The van der Waals surface area contributed by atoms with Crippen LogP contribution in [0.5, 0.6) is 0 Å². The van der Waals surface area contributed by atoms with E-state index in [4.69, 9.17) is 5.26 Å². The number of anilines is 1. The van der Waals surface area contributed by atoms with Gasteiger partial charge in [0.05, 0.1) is 24.0 Å². The predicted octanol–water partition coefficient (Wildman–Crippen LogP) is 2.17. The molecule has 1 aromatic carbocycles. The van der Waals surface area contributed by atoms with Crippen molar-refractivity contribution in [2.24, 2.45) is 0 Å². The third kappa shape index (κ3) is 2.79. The van der Waals surface area contributed by atoms with Crippen molar-refractivity contribution >= 4 is 5.82 Å². The van der Waals surface area contributed by atoms with Crippen LogP contribution < -0.4 is 4.90 Å². The molecule has 0 spiro atoms. The Bertz CT molecular complexity index is 803. The molecule has 0 bridgehead atoms. The maximum absolute atomic E-state index is 9.14. The highest BCUT2D eigenvalue weighted by atomic mass is 15.5. The number of para-hydroxylation sites is 1. The van der Waals surface area contributed by atoms with Gasteiger partial charge in [0.25, 0.3) is 0 Å². The summed E-state index contributed by atoms with van der Waals surface area (Å²) in [5.41, 5.74) is 2.26. The molecule has 0 aliphatic rings. The molecule has 0 atom stereocenters. The van der Waals surface area contributed by atoms with E-state index < -0.39 is 0 Å². The normalized spacial score (nSPS) is 10.2. The van der Waals surface area contributed by atoms with Crippen LogP contribution in [-0.4, -0.2) is 27.0 Å². The lowest BCUT2D eigenvalue weighted by atomic mass is 10.2. The van der Waals surface area contributed by atoms with E-state index in [1.54, 1.807) is 29.3 Å². The molecule has 0 amide bonds. The van der Waals surface area contributed by atoms with Gasteiger partial charge in [0.1, 0.15) is 17.6 Å². The summed E-state index contributed by atoms with van der Waals surface area (Å²) in [5, 5.41) is 17.9. The molecule has 0 aliphatic heterocycles. The van der Waals surface area contributed by atoms with Gasteiger partial charge >= 0.3 is 0 Å². The highest BCUT2D eigenvalue weighted by Gasteiger charge is 2.11. The monoisotopic (exact) mass is 290 g/mol. The number of benzene rings is 1. The Kier molecular flexibility index (Phi) is 3.79. The van der Waals surface area contributed by atoms with E-state index in [-0.39, 0.29) is 0 Å². The Morgan fingerprint density at radius 1 is 1.18 bits per heavy atom. The minimum atomic E-state index is 0.526. The van der Waals surface area contributed by atoms with Gasteiger partial charge in [-0.15, -0.1) is 0 Å². The molecule has 0 aliphatic carbocycles. The van der Waals surface area contributed by atoms with Crippen LogP contribution in [0.15, 0.2) is 54.9 Å². The first-order valence-corrected chi connectivity index (χ1v) is 6.81. The number of hydrogen-bond acceptors (Lipinski definition) is 5. The van der Waals surface area contributed by atoms with E-state index in [0.717, 1.165) is 11.4 Å². The standard InChI is InChI=1S/C16H14N6/c1-21(16-13(10-17)6-5-9-18-16)12-14-11-19-22(20-14)15-7-3-2-4-8-15/h2-9,11H,12H2,1H3. The fourth-order valence-corrected chi connectivity index (χ4v) is 2.16. The number of nitrogens with zero attached hydrogens (tertiary/aromatic N) is 6. The molecule has 3 aromatic rings. The highest BCUT2D eigenvalue weighted by molar-refractivity contribution is 5.52. The topological polar surface area (TPSA) is 70.6 Å². The van der Waals surface area contributed by atoms with Gasteiger partial charge in [-0.1, -0.05) is 18.2 Å². The molecule has 2 aromatic heterocycles. The zero-order valence-corrected chi connectivity index (χ0v) is 12.1. The zero-order valence-electron chi connectivity index (χ0n) is 12.1. The van der Waals surface area contributed by atoms with Crippen LogP contribution in [0.1, 0.15) is 11.3 Å². The van der Waals surface area contributed by atoms with Crippen molar-refractivity contribution in [1.82, 2.24) is 20.0 Å². The lowest BCUT2D eigenvalue weighted by Gasteiger charge is -2.17. The van der Waals surface area contributed by atoms with E-state index in [0.29, 0.717) is 17.9 Å². The van der Waals surface area contributed by atoms with Gasteiger partial charge in [-0.2, -0.15) is 20.3 Å². The Morgan fingerprint density at radius 2 is 2.00 bits per heavy atom. The summed E-state index contributed by atoms with van der Waals surface area (Å²) in [6, 6.07) is 15.4. The van der Waals surface area contributed by atoms with E-state index in [2.05, 4.69) is 21.3 Å². The number of rotatable bonds is 4. The van der Waals surface area contributed by atoms with Crippen LogP contribution in [0.25, 0.3) is 5.69 Å². The molecule has 2 heterocycles. The van der Waals surface area contributed by atoms with Gasteiger partial charge < -0.3 is 4.90 Å². The molecule has 0 fully saturated rings. The average molecular weight is 290 g/mol. The number of nitriles is 1. The largest absolute Gasteiger partial charge is 0.353 e. The maximum atomic E-state index is 9.14. The first-order chi connectivity index (χ1) is 10.8. The van der Waals surface area contributed by atoms with Crippen LogP contribution in [0.2, 0.25) is 0 Å². The number of hydrogen-bond donors (Lipinski definition) is 0. The van der Waals surface area contributed by atoms with E-state index in [1.807, 2.05) is 42.3 Å². The Hall–Kier alpha value is -3.20. The Morgan fingerprint density at radius 3 is 2.77 bits per heavy atom. The van der Waals surface area contributed by atoms with Crippen molar-refractivity contribution in [2.45, 2.75) is 6.54 Å². The molecule has 0 N–H and O–H groups in total. The summed E-state index contributed by atoms with van der Waals surface area (Å²) in [6.07, 6.45) is 3.39. The molecule has 3 rings (SSSR count). The number of pyridine rings is 1. The second-order valence-corrected chi connectivity index (χ2v) is 4.80. The van der Waals surface area contributed by atoms with Crippen molar-refractivity contribution < 1.29 is 0 Å². The van der Waals surface area contributed by atoms with Gasteiger partial charge in [0, 0.05) is 13.2 Å². The van der Waals surface area contributed by atoms with E-state index in [9.17, 15) is 0 Å². The second kappa shape index (κ2) is 6.06. The smallest absolute Gasteiger partial charge is 0.146 e. The molecule has 6 heteroatoms. The van der Waals surface area contributed by atoms with Crippen LogP contribution >= 0.6 is 0 Å². The van der Waals surface area contributed by atoms with Crippen LogP contribution in [0, 0.1) is 11.3 Å². The van der Waals surface area contributed by atoms with Crippen LogP contribution in [0.3, 0.4) is 0 Å². The second-order valence-electron chi connectivity index (χ2n) is 4.80. The van der Waals surface area contributed by atoms with Crippen LogP contribution in [0.4, 0.5) is 5.82 Å². The van der Waals surface area contributed by atoms with E-state index >= 15 is 0 Å². The molecule has 22 heavy (non-hydrogen) atoms. The zero-order chi connectivity index (χ0) is 15.4. The summed E-state index contributed by atoms with van der Waals surface area (Å²) in [4.78, 5) is 7.74. The summed E-state index contributed by atoms with van der Waals surface area (Å²) in [6.45, 7) is 0.526. The lowest BCUT2D eigenvalue weighted by molar-refractivity contribution is 0.731. The third-order valence-corrected chi connectivity index (χ3v) is 3.19. The van der Waals surface area contributed by atoms with Crippen LogP contribution in [-0.2, 0) is 6.54 Å². The molecular weight excluding hydrogens is 276 g/mol. The van der Waals surface area contributed by atoms with Gasteiger partial charge in [0.15, 0.2) is 0 Å². The average Bonchev–Trinajstić information content (AvgIpc) is 3.04. The molecule has 108 valence electrons. The fraction of sp³-hybridized carbons (Fsp3) is 0.125. The molecule has 0 saturated heterocycles. The Labute approximate surface area is 128 Å². The van der Waals surface area contributed by atoms with Gasteiger partial charge in [-0.05, 0) is 24.3 Å². The molecule has 0 radical (unpaired) electrons. The predicted molar refractivity (Wildman–Crippen MR) is 82.4 cm³/mol. The lowest BCUT2D eigenvalue weighted by Crippen LogP contribution is -2.19. The fourth-order valence-electron chi connectivity index (χ4n) is 2.16. The number of aromatic nitrogens is 4. The minimum Gasteiger partial charge on any atom is -0.353 e. The minimum absolute atomic E-state index is 0.526. The summed E-state index contributed by atoms with van der Waals surface area (Å²) in [5.74, 6) is 0.638. The summed E-state index contributed by atoms with van der Waals surface area (Å²) >= 11 is 0. The van der Waals surface area contributed by atoms with Crippen molar-refractivity contribution in [3.05, 3.63) is 66.1 Å². The first kappa shape index (κ1) is 13.8.